The Balaban J connectivity index is 1.63. The first-order valence-corrected chi connectivity index (χ1v) is 8.43. The number of benzene rings is 2. The molecule has 0 saturated carbocycles. The van der Waals surface area contributed by atoms with E-state index in [0.717, 1.165) is 24.2 Å². The Bertz CT molecular complexity index is 973. The van der Waals surface area contributed by atoms with Gasteiger partial charge in [-0.1, -0.05) is 24.3 Å². The van der Waals surface area contributed by atoms with Gasteiger partial charge in [0.25, 0.3) is 5.95 Å². The van der Waals surface area contributed by atoms with Crippen LogP contribution >= 0.6 is 0 Å². The van der Waals surface area contributed by atoms with Gasteiger partial charge in [-0.15, -0.1) is 5.10 Å². The molecule has 1 aromatic heterocycles. The summed E-state index contributed by atoms with van der Waals surface area (Å²) in [5.41, 5.74) is 1.77. The van der Waals surface area contributed by atoms with Crippen molar-refractivity contribution in [3.05, 3.63) is 65.9 Å². The van der Waals surface area contributed by atoms with Crippen molar-refractivity contribution < 1.29 is 13.2 Å². The van der Waals surface area contributed by atoms with Crippen LogP contribution in [0.25, 0.3) is 0 Å². The standard InChI is InChI=1S/C19H16F3N5/c1-12-9-13-5-2-3-8-16(13)27(12)18-25-17(11-23-26-18)24-15-7-4-6-14(10-15)19(20,21)22/h2-8,10-12H,9H2,1H3,(H,24,25,26). The zero-order valence-electron chi connectivity index (χ0n) is 14.4. The second-order valence-electron chi connectivity index (χ2n) is 6.40. The van der Waals surface area contributed by atoms with E-state index in [4.69, 9.17) is 0 Å². The summed E-state index contributed by atoms with van der Waals surface area (Å²) in [6.45, 7) is 2.07. The Hall–Kier alpha value is -3.16. The SMILES string of the molecule is CC1Cc2ccccc2N1c1nncc(Nc2cccc(C(F)(F)F)c2)n1. The van der Waals surface area contributed by atoms with Crippen molar-refractivity contribution >= 4 is 23.1 Å². The smallest absolute Gasteiger partial charge is 0.339 e. The van der Waals surface area contributed by atoms with E-state index in [-0.39, 0.29) is 11.7 Å². The summed E-state index contributed by atoms with van der Waals surface area (Å²) in [5.74, 6) is 0.736. The number of hydrogen-bond acceptors (Lipinski definition) is 5. The molecule has 0 bridgehead atoms. The highest BCUT2D eigenvalue weighted by atomic mass is 19.4. The zero-order valence-corrected chi connectivity index (χ0v) is 14.4. The summed E-state index contributed by atoms with van der Waals surface area (Å²) in [4.78, 5) is 6.44. The molecule has 1 unspecified atom stereocenters. The van der Waals surface area contributed by atoms with Gasteiger partial charge >= 0.3 is 6.18 Å². The molecule has 138 valence electrons. The Morgan fingerprint density at radius 3 is 2.74 bits per heavy atom. The average molecular weight is 371 g/mol. The maximum atomic E-state index is 12.9. The Kier molecular flexibility index (Phi) is 4.18. The van der Waals surface area contributed by atoms with Crippen LogP contribution in [0.1, 0.15) is 18.1 Å². The maximum absolute atomic E-state index is 12.9. The molecule has 1 N–H and O–H groups in total. The van der Waals surface area contributed by atoms with Gasteiger partial charge in [-0.05, 0) is 43.2 Å². The van der Waals surface area contributed by atoms with E-state index < -0.39 is 11.7 Å². The maximum Gasteiger partial charge on any atom is 0.416 e. The Morgan fingerprint density at radius 2 is 1.93 bits per heavy atom. The highest BCUT2D eigenvalue weighted by Crippen LogP contribution is 2.36. The van der Waals surface area contributed by atoms with E-state index in [1.807, 2.05) is 23.1 Å². The number of nitrogens with one attached hydrogen (secondary N) is 1. The first-order valence-electron chi connectivity index (χ1n) is 8.43. The number of anilines is 4. The summed E-state index contributed by atoms with van der Waals surface area (Å²) in [7, 11) is 0. The highest BCUT2D eigenvalue weighted by Gasteiger charge is 2.31. The number of halogens is 3. The molecule has 8 heteroatoms. The Morgan fingerprint density at radius 1 is 1.11 bits per heavy atom. The molecule has 5 nitrogen and oxygen atoms in total. The predicted octanol–water partition coefficient (Wildman–Crippen LogP) is 4.72. The average Bonchev–Trinajstić information content (AvgIpc) is 2.97. The molecule has 4 rings (SSSR count). The van der Waals surface area contributed by atoms with Crippen molar-refractivity contribution in [3.8, 4) is 0 Å². The molecule has 0 spiro atoms. The normalized spacial score (nSPS) is 16.3. The molecule has 1 aliphatic heterocycles. The largest absolute Gasteiger partial charge is 0.416 e. The minimum absolute atomic E-state index is 0.160. The summed E-state index contributed by atoms with van der Waals surface area (Å²) in [6.07, 6.45) is -2.15. The third kappa shape index (κ3) is 3.42. The van der Waals surface area contributed by atoms with Gasteiger partial charge in [0, 0.05) is 17.4 Å². The van der Waals surface area contributed by atoms with Crippen LogP contribution in [0.4, 0.5) is 36.3 Å². The topological polar surface area (TPSA) is 53.9 Å². The highest BCUT2D eigenvalue weighted by molar-refractivity contribution is 5.68. The van der Waals surface area contributed by atoms with Crippen LogP contribution in [-0.2, 0) is 12.6 Å². The van der Waals surface area contributed by atoms with Crippen LogP contribution < -0.4 is 10.2 Å². The van der Waals surface area contributed by atoms with Gasteiger partial charge in [-0.25, -0.2) is 0 Å². The molecule has 0 saturated heterocycles. The van der Waals surface area contributed by atoms with Crippen LogP contribution in [0.5, 0.6) is 0 Å². The fraction of sp³-hybridized carbons (Fsp3) is 0.211. The van der Waals surface area contributed by atoms with Gasteiger partial charge in [0.1, 0.15) is 0 Å². The van der Waals surface area contributed by atoms with Crippen LogP contribution in [0.2, 0.25) is 0 Å². The number of rotatable bonds is 3. The van der Waals surface area contributed by atoms with Gasteiger partial charge in [-0.3, -0.25) is 0 Å². The van der Waals surface area contributed by atoms with Crippen molar-refractivity contribution in [2.75, 3.05) is 10.2 Å². The Labute approximate surface area is 153 Å². The third-order valence-electron chi connectivity index (χ3n) is 4.43. The van der Waals surface area contributed by atoms with Gasteiger partial charge < -0.3 is 10.2 Å². The predicted molar refractivity (Wildman–Crippen MR) is 96.3 cm³/mol. The van der Waals surface area contributed by atoms with Crippen LogP contribution in [0, 0.1) is 0 Å². The monoisotopic (exact) mass is 371 g/mol. The van der Waals surface area contributed by atoms with E-state index in [1.54, 1.807) is 6.07 Å². The fourth-order valence-corrected chi connectivity index (χ4v) is 3.25. The molecular formula is C19H16F3N5. The molecule has 0 radical (unpaired) electrons. The lowest BCUT2D eigenvalue weighted by Gasteiger charge is -2.22. The van der Waals surface area contributed by atoms with Crippen molar-refractivity contribution in [2.24, 2.45) is 0 Å². The van der Waals surface area contributed by atoms with Crippen molar-refractivity contribution in [1.29, 1.82) is 0 Å². The van der Waals surface area contributed by atoms with Crippen LogP contribution in [0.15, 0.2) is 54.7 Å². The van der Waals surface area contributed by atoms with Gasteiger partial charge in [0.05, 0.1) is 11.8 Å². The number of para-hydroxylation sites is 1. The van der Waals surface area contributed by atoms with Crippen LogP contribution in [-0.4, -0.2) is 21.2 Å². The van der Waals surface area contributed by atoms with E-state index in [1.165, 1.54) is 17.8 Å². The molecule has 0 aliphatic carbocycles. The second-order valence-corrected chi connectivity index (χ2v) is 6.40. The molecule has 27 heavy (non-hydrogen) atoms. The van der Waals surface area contributed by atoms with E-state index in [2.05, 4.69) is 33.5 Å². The first-order chi connectivity index (χ1) is 12.9. The summed E-state index contributed by atoms with van der Waals surface area (Å²) >= 11 is 0. The lowest BCUT2D eigenvalue weighted by Crippen LogP contribution is -2.26. The minimum Gasteiger partial charge on any atom is -0.339 e. The molecule has 2 aromatic carbocycles. The van der Waals surface area contributed by atoms with E-state index in [0.29, 0.717) is 11.8 Å². The summed E-state index contributed by atoms with van der Waals surface area (Å²) in [5, 5.41) is 11.0. The van der Waals surface area contributed by atoms with E-state index in [9.17, 15) is 13.2 Å². The second kappa shape index (κ2) is 6.53. The minimum atomic E-state index is -4.40. The molecular weight excluding hydrogens is 355 g/mol. The summed E-state index contributed by atoms with van der Waals surface area (Å²) in [6, 6.07) is 13.1. The zero-order chi connectivity index (χ0) is 19.0. The quantitative estimate of drug-likeness (QED) is 0.722. The lowest BCUT2D eigenvalue weighted by molar-refractivity contribution is -0.137. The van der Waals surface area contributed by atoms with Crippen molar-refractivity contribution in [1.82, 2.24) is 15.2 Å². The van der Waals surface area contributed by atoms with Crippen molar-refractivity contribution in [3.63, 3.8) is 0 Å². The van der Waals surface area contributed by atoms with Gasteiger partial charge in [0.2, 0.25) is 0 Å². The number of fused-ring (bicyclic) bond motifs is 1. The van der Waals surface area contributed by atoms with E-state index >= 15 is 0 Å². The molecule has 0 fully saturated rings. The number of alkyl halides is 3. The number of nitrogens with zero attached hydrogens (tertiary/aromatic N) is 4. The van der Waals surface area contributed by atoms with Gasteiger partial charge in [-0.2, -0.15) is 23.3 Å². The number of aromatic nitrogens is 3. The van der Waals surface area contributed by atoms with Crippen LogP contribution in [0.3, 0.4) is 0 Å². The number of hydrogen-bond donors (Lipinski definition) is 1. The summed E-state index contributed by atoms with van der Waals surface area (Å²) < 4.78 is 38.7. The lowest BCUT2D eigenvalue weighted by atomic mass is 10.1. The third-order valence-corrected chi connectivity index (χ3v) is 4.43. The fourth-order valence-electron chi connectivity index (χ4n) is 3.25. The molecule has 3 aromatic rings. The first kappa shape index (κ1) is 17.3. The molecule has 1 aliphatic rings. The molecule has 0 amide bonds. The van der Waals surface area contributed by atoms with Gasteiger partial charge in [0.15, 0.2) is 5.82 Å². The molecule has 1 atom stereocenters. The molecule has 2 heterocycles. The van der Waals surface area contributed by atoms with Crippen molar-refractivity contribution in [2.45, 2.75) is 25.6 Å².